The summed E-state index contributed by atoms with van der Waals surface area (Å²) in [5.41, 5.74) is 0. The standard InChI is InChI=1S/C61H92O5/c1-3-5-7-9-11-13-15-17-19-21-23-25-26-27-28-29-30-31-32-33-34-36-38-40-42-44-46-48-50-52-54-56-61(64)66-59(57-62)58-65-60(63)55-53-51-49-47-45-43-41-39-37-35-24-22-20-18-16-14-12-10-8-6-4-2/h5-8,11-14,17-20,23-25,27-28,30-31,33-35,38-41,45,47,59,62H,3-4,9-10,15-16,21-22,26,29,32,36-37,42-44,46,48-58H2,1-2H3/b7-5-,8-6-,13-11-,14-12-,19-17-,20-18-,25-23-,28-27-,31-30-,34-33-,35-24-,40-38-,41-39-,47-45-. The fourth-order valence-electron chi connectivity index (χ4n) is 6.22. The van der Waals surface area contributed by atoms with E-state index in [4.69, 9.17) is 9.47 Å². The maximum atomic E-state index is 12.3. The van der Waals surface area contributed by atoms with Gasteiger partial charge in [0.2, 0.25) is 0 Å². The third-order valence-electron chi connectivity index (χ3n) is 10.0. The lowest BCUT2D eigenvalue weighted by atomic mass is 10.1. The minimum atomic E-state index is -0.813. The Morgan fingerprint density at radius 3 is 0.939 bits per heavy atom. The third-order valence-corrected chi connectivity index (χ3v) is 10.0. The number of aliphatic hydroxyl groups is 1. The highest BCUT2D eigenvalue weighted by atomic mass is 16.6. The lowest BCUT2D eigenvalue weighted by molar-refractivity contribution is -0.161. The van der Waals surface area contributed by atoms with Crippen LogP contribution in [0.15, 0.2) is 170 Å². The summed E-state index contributed by atoms with van der Waals surface area (Å²) in [5.74, 6) is -0.676. The van der Waals surface area contributed by atoms with E-state index >= 15 is 0 Å². The van der Waals surface area contributed by atoms with Crippen molar-refractivity contribution < 1.29 is 24.2 Å². The maximum absolute atomic E-state index is 12.3. The first-order chi connectivity index (χ1) is 32.6. The highest BCUT2D eigenvalue weighted by Gasteiger charge is 2.16. The van der Waals surface area contributed by atoms with Gasteiger partial charge in [0.15, 0.2) is 6.10 Å². The van der Waals surface area contributed by atoms with Crippen molar-refractivity contribution in [2.45, 2.75) is 187 Å². The van der Waals surface area contributed by atoms with Gasteiger partial charge in [-0.25, -0.2) is 0 Å². The van der Waals surface area contributed by atoms with Crippen LogP contribution in [0.25, 0.3) is 0 Å². The van der Waals surface area contributed by atoms with E-state index < -0.39 is 6.10 Å². The van der Waals surface area contributed by atoms with Gasteiger partial charge in [0.05, 0.1) is 6.61 Å². The van der Waals surface area contributed by atoms with Crippen molar-refractivity contribution in [3.63, 3.8) is 0 Å². The molecule has 0 saturated carbocycles. The van der Waals surface area contributed by atoms with E-state index in [9.17, 15) is 14.7 Å². The summed E-state index contributed by atoms with van der Waals surface area (Å²) in [4.78, 5) is 24.4. The van der Waals surface area contributed by atoms with Crippen molar-refractivity contribution in [3.05, 3.63) is 170 Å². The summed E-state index contributed by atoms with van der Waals surface area (Å²) >= 11 is 0. The molecule has 5 nitrogen and oxygen atoms in total. The topological polar surface area (TPSA) is 72.8 Å². The number of ether oxygens (including phenoxy) is 2. The molecule has 1 atom stereocenters. The smallest absolute Gasteiger partial charge is 0.306 e. The number of hydrogen-bond acceptors (Lipinski definition) is 5. The highest BCUT2D eigenvalue weighted by molar-refractivity contribution is 5.70. The Morgan fingerprint density at radius 1 is 0.348 bits per heavy atom. The van der Waals surface area contributed by atoms with Crippen molar-refractivity contribution in [3.8, 4) is 0 Å². The van der Waals surface area contributed by atoms with Crippen LogP contribution in [-0.2, 0) is 19.1 Å². The number of allylic oxidation sites excluding steroid dienone is 28. The van der Waals surface area contributed by atoms with E-state index in [-0.39, 0.29) is 25.2 Å². The lowest BCUT2D eigenvalue weighted by Gasteiger charge is -2.15. The number of esters is 2. The molecule has 1 N–H and O–H groups in total. The molecule has 0 bridgehead atoms. The zero-order valence-electron chi connectivity index (χ0n) is 41.6. The maximum Gasteiger partial charge on any atom is 0.306 e. The van der Waals surface area contributed by atoms with Gasteiger partial charge in [-0.2, -0.15) is 0 Å². The summed E-state index contributed by atoms with van der Waals surface area (Å²) in [5, 5.41) is 9.63. The molecule has 66 heavy (non-hydrogen) atoms. The highest BCUT2D eigenvalue weighted by Crippen LogP contribution is 2.11. The third kappa shape index (κ3) is 51.9. The largest absolute Gasteiger partial charge is 0.462 e. The lowest BCUT2D eigenvalue weighted by Crippen LogP contribution is -2.28. The molecule has 1 unspecified atom stereocenters. The first-order valence-corrected chi connectivity index (χ1v) is 25.7. The molecule has 0 aromatic rings. The minimum Gasteiger partial charge on any atom is -0.462 e. The van der Waals surface area contributed by atoms with Gasteiger partial charge in [0.1, 0.15) is 6.61 Å². The predicted octanol–water partition coefficient (Wildman–Crippen LogP) is 17.4. The average Bonchev–Trinajstić information content (AvgIpc) is 3.32. The van der Waals surface area contributed by atoms with Gasteiger partial charge in [-0.3, -0.25) is 9.59 Å². The first kappa shape index (κ1) is 61.3. The molecule has 366 valence electrons. The molecule has 5 heteroatoms. The second-order valence-electron chi connectivity index (χ2n) is 16.1. The predicted molar refractivity (Wildman–Crippen MR) is 287 cm³/mol. The van der Waals surface area contributed by atoms with E-state index in [1.807, 2.05) is 0 Å². The van der Waals surface area contributed by atoms with Gasteiger partial charge in [-0.1, -0.05) is 210 Å². The van der Waals surface area contributed by atoms with Crippen molar-refractivity contribution in [1.29, 1.82) is 0 Å². The molecule has 0 aromatic heterocycles. The van der Waals surface area contributed by atoms with Gasteiger partial charge in [-0.05, 0) is 128 Å². The molecule has 0 fully saturated rings. The molecule has 0 amide bonds. The summed E-state index contributed by atoms with van der Waals surface area (Å²) in [6.07, 6.45) is 85.8. The molecule has 0 heterocycles. The average molecular weight is 905 g/mol. The van der Waals surface area contributed by atoms with Crippen LogP contribution in [-0.4, -0.2) is 36.4 Å². The summed E-state index contributed by atoms with van der Waals surface area (Å²) < 4.78 is 10.6. The fourth-order valence-corrected chi connectivity index (χ4v) is 6.22. The van der Waals surface area contributed by atoms with Gasteiger partial charge in [0, 0.05) is 12.8 Å². The Hall–Kier alpha value is -4.74. The van der Waals surface area contributed by atoms with Crippen LogP contribution in [0.2, 0.25) is 0 Å². The fraction of sp³-hybridized carbons (Fsp3) is 0.508. The molecule has 0 aromatic carbocycles. The van der Waals surface area contributed by atoms with Crippen molar-refractivity contribution in [2.24, 2.45) is 0 Å². The zero-order chi connectivity index (χ0) is 47.7. The molecular formula is C61H92O5. The van der Waals surface area contributed by atoms with Crippen LogP contribution in [0.5, 0.6) is 0 Å². The van der Waals surface area contributed by atoms with E-state index in [2.05, 4.69) is 184 Å². The monoisotopic (exact) mass is 905 g/mol. The molecule has 0 saturated heterocycles. The number of aliphatic hydroxyl groups excluding tert-OH is 1. The minimum absolute atomic E-state index is 0.108. The Morgan fingerprint density at radius 2 is 0.606 bits per heavy atom. The summed E-state index contributed by atoms with van der Waals surface area (Å²) in [7, 11) is 0. The van der Waals surface area contributed by atoms with Crippen LogP contribution in [0.4, 0.5) is 0 Å². The molecule has 0 spiro atoms. The van der Waals surface area contributed by atoms with Gasteiger partial charge in [-0.15, -0.1) is 0 Å². The first-order valence-electron chi connectivity index (χ1n) is 25.7. The Kier molecular flexibility index (Phi) is 50.7. The molecule has 0 radical (unpaired) electrons. The van der Waals surface area contributed by atoms with E-state index in [0.29, 0.717) is 12.8 Å². The van der Waals surface area contributed by atoms with Crippen molar-refractivity contribution in [2.75, 3.05) is 13.2 Å². The number of unbranched alkanes of at least 4 members (excludes halogenated alkanes) is 8. The van der Waals surface area contributed by atoms with E-state index in [0.717, 1.165) is 141 Å². The van der Waals surface area contributed by atoms with Crippen LogP contribution in [0, 0.1) is 0 Å². The quantitative estimate of drug-likeness (QED) is 0.0375. The van der Waals surface area contributed by atoms with E-state index in [1.165, 1.54) is 12.8 Å². The SMILES string of the molecule is CC/C=C\C/C=C\C/C=C\C/C=C\C/C=C\C/C=C\C/C=C\C/C=C\CCCCCCCCC(=O)OC(CO)COC(=O)CCCC/C=C\C/C=C\C/C=C\C/C=C\C/C=C\C/C=C\CC. The van der Waals surface area contributed by atoms with Gasteiger partial charge in [0.25, 0.3) is 0 Å². The van der Waals surface area contributed by atoms with Crippen molar-refractivity contribution in [1.82, 2.24) is 0 Å². The van der Waals surface area contributed by atoms with Crippen LogP contribution < -0.4 is 0 Å². The molecule has 0 aliphatic heterocycles. The number of carbonyl (C=O) groups is 2. The zero-order valence-corrected chi connectivity index (χ0v) is 41.6. The molecular weight excluding hydrogens is 813 g/mol. The Bertz CT molecular complexity index is 1540. The Balaban J connectivity index is 3.71. The second-order valence-corrected chi connectivity index (χ2v) is 16.1. The number of carbonyl (C=O) groups excluding carboxylic acids is 2. The second kappa shape index (κ2) is 54.6. The van der Waals surface area contributed by atoms with Crippen LogP contribution in [0.1, 0.15) is 181 Å². The number of rotatable bonds is 44. The Labute approximate surface area is 404 Å². The van der Waals surface area contributed by atoms with Crippen LogP contribution in [0.3, 0.4) is 0 Å². The van der Waals surface area contributed by atoms with Crippen LogP contribution >= 0.6 is 0 Å². The van der Waals surface area contributed by atoms with Gasteiger partial charge >= 0.3 is 11.9 Å². The normalized spacial score (nSPS) is 13.7. The molecule has 0 rings (SSSR count). The van der Waals surface area contributed by atoms with Crippen molar-refractivity contribution >= 4 is 11.9 Å². The molecule has 0 aliphatic carbocycles. The molecule has 0 aliphatic rings. The summed E-state index contributed by atoms with van der Waals surface area (Å²) in [6.45, 7) is 3.84. The van der Waals surface area contributed by atoms with E-state index in [1.54, 1.807) is 0 Å². The van der Waals surface area contributed by atoms with Gasteiger partial charge < -0.3 is 14.6 Å². The summed E-state index contributed by atoms with van der Waals surface area (Å²) in [6, 6.07) is 0. The number of hydrogen-bond donors (Lipinski definition) is 1.